The van der Waals surface area contributed by atoms with Gasteiger partial charge in [0.25, 0.3) is 0 Å². The van der Waals surface area contributed by atoms with Crippen molar-refractivity contribution in [2.24, 2.45) is 17.3 Å². The van der Waals surface area contributed by atoms with Crippen LogP contribution < -0.4 is 10.6 Å². The fourth-order valence-electron chi connectivity index (χ4n) is 4.36. The fourth-order valence-corrected chi connectivity index (χ4v) is 4.36. The predicted molar refractivity (Wildman–Crippen MR) is 119 cm³/mol. The van der Waals surface area contributed by atoms with Crippen LogP contribution in [0.5, 0.6) is 0 Å². The third kappa shape index (κ3) is 4.52. The van der Waals surface area contributed by atoms with Crippen molar-refractivity contribution in [1.29, 1.82) is 0 Å². The summed E-state index contributed by atoms with van der Waals surface area (Å²) in [4.78, 5) is 25.4. The number of carbonyl (C=O) groups is 2. The fraction of sp³-hybridized carbons (Fsp3) is 0.440. The van der Waals surface area contributed by atoms with Crippen molar-refractivity contribution in [3.63, 3.8) is 0 Å². The van der Waals surface area contributed by atoms with Gasteiger partial charge in [0.2, 0.25) is 11.8 Å². The molecule has 2 N–H and O–H groups in total. The van der Waals surface area contributed by atoms with Gasteiger partial charge in [-0.25, -0.2) is 0 Å². The molecule has 2 amide bonds. The maximum absolute atomic E-state index is 12.8. The van der Waals surface area contributed by atoms with E-state index >= 15 is 0 Å². The van der Waals surface area contributed by atoms with Crippen LogP contribution in [0.3, 0.4) is 0 Å². The van der Waals surface area contributed by atoms with Crippen molar-refractivity contribution < 1.29 is 9.59 Å². The van der Waals surface area contributed by atoms with Crippen molar-refractivity contribution in [2.45, 2.75) is 54.4 Å². The van der Waals surface area contributed by atoms with Gasteiger partial charge in [-0.15, -0.1) is 0 Å². The van der Waals surface area contributed by atoms with Gasteiger partial charge in [0.05, 0.1) is 0 Å². The Balaban J connectivity index is 1.58. The Kier molecular flexibility index (Phi) is 5.83. The molecule has 1 fully saturated rings. The number of rotatable bonds is 5. The Morgan fingerprint density at radius 3 is 1.90 bits per heavy atom. The van der Waals surface area contributed by atoms with Gasteiger partial charge in [-0.3, -0.25) is 9.59 Å². The highest BCUT2D eigenvalue weighted by atomic mass is 16.2. The standard InChI is InChI=1S/C25H32N2O2/c1-15-7-9-21(17(3)11-15)26-23(28)14-19-13-20(25(19,5)6)24(29)27-22-10-8-16(2)12-18(22)4/h7-12,19-20H,13-14H2,1-6H3,(H,26,28)(H,27,29). The summed E-state index contributed by atoms with van der Waals surface area (Å²) >= 11 is 0. The molecule has 1 aliphatic carbocycles. The summed E-state index contributed by atoms with van der Waals surface area (Å²) in [6.45, 7) is 12.3. The average Bonchev–Trinajstić information content (AvgIpc) is 2.63. The van der Waals surface area contributed by atoms with Gasteiger partial charge in [-0.2, -0.15) is 0 Å². The van der Waals surface area contributed by atoms with Crippen molar-refractivity contribution in [3.8, 4) is 0 Å². The van der Waals surface area contributed by atoms with E-state index in [9.17, 15) is 9.59 Å². The minimum atomic E-state index is -0.206. The zero-order valence-corrected chi connectivity index (χ0v) is 18.3. The van der Waals surface area contributed by atoms with E-state index in [2.05, 4.69) is 36.6 Å². The minimum absolute atomic E-state index is 0.0169. The maximum Gasteiger partial charge on any atom is 0.228 e. The lowest BCUT2D eigenvalue weighted by Crippen LogP contribution is -2.51. The largest absolute Gasteiger partial charge is 0.326 e. The van der Waals surface area contributed by atoms with Crippen LogP contribution in [0.2, 0.25) is 0 Å². The van der Waals surface area contributed by atoms with Crippen molar-refractivity contribution in [1.82, 2.24) is 0 Å². The smallest absolute Gasteiger partial charge is 0.228 e. The number of benzene rings is 2. The first-order chi connectivity index (χ1) is 13.6. The maximum atomic E-state index is 12.8. The Morgan fingerprint density at radius 2 is 1.41 bits per heavy atom. The SMILES string of the molecule is Cc1ccc(NC(=O)CC2CC(C(=O)Nc3ccc(C)cc3C)C2(C)C)c(C)c1. The Labute approximate surface area is 174 Å². The molecule has 2 atom stereocenters. The van der Waals surface area contributed by atoms with Gasteiger partial charge >= 0.3 is 0 Å². The number of nitrogens with one attached hydrogen (secondary N) is 2. The second-order valence-electron chi connectivity index (χ2n) is 9.18. The molecule has 29 heavy (non-hydrogen) atoms. The molecular formula is C25H32N2O2. The van der Waals surface area contributed by atoms with E-state index in [4.69, 9.17) is 0 Å². The van der Waals surface area contributed by atoms with Crippen molar-refractivity contribution in [3.05, 3.63) is 58.7 Å². The van der Waals surface area contributed by atoms with Crippen LogP contribution in [-0.4, -0.2) is 11.8 Å². The molecule has 0 bridgehead atoms. The highest BCUT2D eigenvalue weighted by Crippen LogP contribution is 2.53. The zero-order valence-electron chi connectivity index (χ0n) is 18.3. The highest BCUT2D eigenvalue weighted by Gasteiger charge is 2.52. The van der Waals surface area contributed by atoms with Crippen LogP contribution in [0.1, 0.15) is 48.9 Å². The van der Waals surface area contributed by atoms with E-state index < -0.39 is 0 Å². The number of hydrogen-bond acceptors (Lipinski definition) is 2. The molecular weight excluding hydrogens is 360 g/mol. The first kappa shape index (κ1) is 21.1. The summed E-state index contributed by atoms with van der Waals surface area (Å²) in [5.74, 6) is 0.182. The summed E-state index contributed by atoms with van der Waals surface area (Å²) in [5.41, 5.74) is 6.02. The molecule has 0 spiro atoms. The van der Waals surface area contributed by atoms with E-state index in [1.165, 1.54) is 11.1 Å². The van der Waals surface area contributed by atoms with Gasteiger partial charge < -0.3 is 10.6 Å². The molecule has 154 valence electrons. The summed E-state index contributed by atoms with van der Waals surface area (Å²) in [6.07, 6.45) is 1.18. The normalized spacial score (nSPS) is 19.9. The molecule has 1 saturated carbocycles. The highest BCUT2D eigenvalue weighted by molar-refractivity contribution is 5.95. The topological polar surface area (TPSA) is 58.2 Å². The Hall–Kier alpha value is -2.62. The van der Waals surface area contributed by atoms with E-state index in [0.717, 1.165) is 28.9 Å². The predicted octanol–water partition coefficient (Wildman–Crippen LogP) is 5.55. The molecule has 2 unspecified atom stereocenters. The average molecular weight is 393 g/mol. The van der Waals surface area contributed by atoms with E-state index in [1.807, 2.05) is 52.0 Å². The lowest BCUT2D eigenvalue weighted by molar-refractivity contribution is -0.138. The molecule has 4 nitrogen and oxygen atoms in total. The second kappa shape index (κ2) is 8.02. The number of carbonyl (C=O) groups excluding carboxylic acids is 2. The molecule has 3 rings (SSSR count). The second-order valence-corrected chi connectivity index (χ2v) is 9.18. The summed E-state index contributed by atoms with van der Waals surface area (Å²) in [7, 11) is 0. The molecule has 2 aromatic rings. The first-order valence-corrected chi connectivity index (χ1v) is 10.3. The molecule has 1 aliphatic rings. The zero-order chi connectivity index (χ0) is 21.3. The van der Waals surface area contributed by atoms with Gasteiger partial charge in [-0.05, 0) is 68.7 Å². The van der Waals surface area contributed by atoms with Crippen LogP contribution >= 0.6 is 0 Å². The van der Waals surface area contributed by atoms with Gasteiger partial charge in [0, 0.05) is 23.7 Å². The number of aryl methyl sites for hydroxylation is 4. The van der Waals surface area contributed by atoms with Crippen molar-refractivity contribution >= 4 is 23.2 Å². The number of hydrogen-bond donors (Lipinski definition) is 2. The van der Waals surface area contributed by atoms with E-state index in [-0.39, 0.29) is 29.1 Å². The van der Waals surface area contributed by atoms with E-state index in [0.29, 0.717) is 6.42 Å². The van der Waals surface area contributed by atoms with Crippen molar-refractivity contribution in [2.75, 3.05) is 10.6 Å². The van der Waals surface area contributed by atoms with Gasteiger partial charge in [0.15, 0.2) is 0 Å². The number of amides is 2. The molecule has 0 aromatic heterocycles. The third-order valence-electron chi connectivity index (χ3n) is 6.51. The summed E-state index contributed by atoms with van der Waals surface area (Å²) in [6, 6.07) is 12.1. The van der Waals surface area contributed by atoms with Gasteiger partial charge in [-0.1, -0.05) is 49.2 Å². The molecule has 0 heterocycles. The minimum Gasteiger partial charge on any atom is -0.326 e. The molecule has 0 saturated heterocycles. The lowest BCUT2D eigenvalue weighted by atomic mass is 9.53. The van der Waals surface area contributed by atoms with Crippen LogP contribution in [0.4, 0.5) is 11.4 Å². The molecule has 2 aromatic carbocycles. The summed E-state index contributed by atoms with van der Waals surface area (Å²) < 4.78 is 0. The van der Waals surface area contributed by atoms with Crippen LogP contribution in [0.15, 0.2) is 36.4 Å². The summed E-state index contributed by atoms with van der Waals surface area (Å²) in [5, 5.41) is 6.11. The quantitative estimate of drug-likeness (QED) is 0.701. The van der Waals surface area contributed by atoms with Crippen LogP contribution in [0.25, 0.3) is 0 Å². The Morgan fingerprint density at radius 1 is 0.897 bits per heavy atom. The molecule has 0 radical (unpaired) electrons. The Bertz CT molecular complexity index is 946. The monoisotopic (exact) mass is 392 g/mol. The van der Waals surface area contributed by atoms with Crippen LogP contribution in [0, 0.1) is 44.9 Å². The lowest BCUT2D eigenvalue weighted by Gasteiger charge is -2.51. The number of anilines is 2. The van der Waals surface area contributed by atoms with E-state index in [1.54, 1.807) is 0 Å². The molecule has 4 heteroatoms. The third-order valence-corrected chi connectivity index (χ3v) is 6.51. The van der Waals surface area contributed by atoms with Crippen LogP contribution in [-0.2, 0) is 9.59 Å². The van der Waals surface area contributed by atoms with Gasteiger partial charge in [0.1, 0.15) is 0 Å². The molecule has 0 aliphatic heterocycles. The first-order valence-electron chi connectivity index (χ1n) is 10.3.